The molecule has 8 heteroatoms. The highest BCUT2D eigenvalue weighted by Crippen LogP contribution is 2.35. The first-order chi connectivity index (χ1) is 12.9. The Morgan fingerprint density at radius 3 is 2.26 bits per heavy atom. The van der Waals surface area contributed by atoms with Crippen LogP contribution in [0.3, 0.4) is 0 Å². The number of piperazine rings is 1. The fourth-order valence-corrected chi connectivity index (χ4v) is 3.56. The van der Waals surface area contributed by atoms with Crippen molar-refractivity contribution in [2.24, 2.45) is 0 Å². The zero-order chi connectivity index (χ0) is 19.6. The average molecular weight is 390 g/mol. The highest BCUT2D eigenvalue weighted by Gasteiger charge is 2.27. The summed E-state index contributed by atoms with van der Waals surface area (Å²) >= 11 is 6.18. The minimum Gasteiger partial charge on any atom is -0.465 e. The Morgan fingerprint density at radius 2 is 1.70 bits per heavy atom. The highest BCUT2D eigenvalue weighted by atomic mass is 35.5. The van der Waals surface area contributed by atoms with E-state index in [2.05, 4.69) is 28.7 Å². The van der Waals surface area contributed by atoms with Gasteiger partial charge in [0.05, 0.1) is 22.6 Å². The van der Waals surface area contributed by atoms with Gasteiger partial charge >= 0.3 is 5.97 Å². The molecule has 1 heterocycles. The lowest BCUT2D eigenvalue weighted by Crippen LogP contribution is -2.47. The number of aryl methyl sites for hydroxylation is 1. The molecule has 0 amide bonds. The minimum atomic E-state index is -0.695. The van der Waals surface area contributed by atoms with Crippen LogP contribution in [0.2, 0.25) is 5.02 Å². The molecule has 0 atom stereocenters. The first-order valence-corrected chi connectivity index (χ1v) is 8.92. The number of nitro groups is 1. The molecular weight excluding hydrogens is 370 g/mol. The zero-order valence-electron chi connectivity index (χ0n) is 15.1. The number of rotatable bonds is 4. The largest absolute Gasteiger partial charge is 0.465 e. The van der Waals surface area contributed by atoms with Crippen molar-refractivity contribution >= 4 is 34.6 Å². The number of esters is 1. The molecule has 142 valence electrons. The number of hydrogen-bond acceptors (Lipinski definition) is 6. The summed E-state index contributed by atoms with van der Waals surface area (Å²) in [5, 5.41) is 11.7. The fraction of sp³-hybridized carbons (Fsp3) is 0.316. The zero-order valence-corrected chi connectivity index (χ0v) is 15.9. The van der Waals surface area contributed by atoms with E-state index in [0.29, 0.717) is 18.8 Å². The van der Waals surface area contributed by atoms with Crippen molar-refractivity contribution in [3.05, 3.63) is 62.7 Å². The topological polar surface area (TPSA) is 75.9 Å². The van der Waals surface area contributed by atoms with Gasteiger partial charge in [-0.1, -0.05) is 29.8 Å². The summed E-state index contributed by atoms with van der Waals surface area (Å²) in [6, 6.07) is 10.8. The first-order valence-electron chi connectivity index (χ1n) is 8.54. The maximum Gasteiger partial charge on any atom is 0.339 e. The normalized spacial score (nSPS) is 14.2. The maximum atomic E-state index is 11.8. The van der Waals surface area contributed by atoms with Gasteiger partial charge in [0.1, 0.15) is 5.69 Å². The molecule has 1 fully saturated rings. The number of ether oxygens (including phenoxy) is 1. The molecule has 1 aliphatic rings. The molecule has 0 aliphatic carbocycles. The summed E-state index contributed by atoms with van der Waals surface area (Å²) in [6.45, 7) is 4.76. The Bertz CT molecular complexity index is 879. The molecule has 0 N–H and O–H groups in total. The van der Waals surface area contributed by atoms with E-state index in [4.69, 9.17) is 11.6 Å². The monoisotopic (exact) mass is 389 g/mol. The molecule has 0 unspecified atom stereocenters. The van der Waals surface area contributed by atoms with Gasteiger partial charge in [-0.3, -0.25) is 10.1 Å². The van der Waals surface area contributed by atoms with E-state index in [1.807, 2.05) is 17.0 Å². The second-order valence-electron chi connectivity index (χ2n) is 6.33. The molecule has 27 heavy (non-hydrogen) atoms. The standard InChI is InChI=1S/C19H20ClN3O4/c1-13-5-3-4-6-16(13)21-7-9-22(10-8-21)17-12-15(20)14(19(24)27-2)11-18(17)23(25)26/h3-6,11-12H,7-10H2,1-2H3. The number of halogens is 1. The summed E-state index contributed by atoms with van der Waals surface area (Å²) in [4.78, 5) is 27.0. The van der Waals surface area contributed by atoms with Crippen LogP contribution in [0.1, 0.15) is 15.9 Å². The van der Waals surface area contributed by atoms with Crippen molar-refractivity contribution in [1.82, 2.24) is 0 Å². The van der Waals surface area contributed by atoms with E-state index in [1.165, 1.54) is 30.5 Å². The van der Waals surface area contributed by atoms with Gasteiger partial charge in [-0.05, 0) is 24.6 Å². The van der Waals surface area contributed by atoms with E-state index >= 15 is 0 Å². The molecule has 1 saturated heterocycles. The third-order valence-electron chi connectivity index (χ3n) is 4.74. The Morgan fingerprint density at radius 1 is 1.11 bits per heavy atom. The Kier molecular flexibility index (Phi) is 5.51. The van der Waals surface area contributed by atoms with Crippen molar-refractivity contribution in [1.29, 1.82) is 0 Å². The predicted molar refractivity (Wildman–Crippen MR) is 105 cm³/mol. The van der Waals surface area contributed by atoms with Crippen molar-refractivity contribution in [2.45, 2.75) is 6.92 Å². The third kappa shape index (κ3) is 3.83. The summed E-state index contributed by atoms with van der Waals surface area (Å²) < 4.78 is 4.65. The predicted octanol–water partition coefficient (Wildman–Crippen LogP) is 3.67. The molecule has 0 spiro atoms. The van der Waals surface area contributed by atoms with E-state index in [0.717, 1.165) is 13.1 Å². The van der Waals surface area contributed by atoms with Gasteiger partial charge in [0.2, 0.25) is 0 Å². The Labute approximate surface area is 162 Å². The fourth-order valence-electron chi connectivity index (χ4n) is 3.32. The van der Waals surface area contributed by atoms with E-state index in [9.17, 15) is 14.9 Å². The van der Waals surface area contributed by atoms with Crippen molar-refractivity contribution in [3.8, 4) is 0 Å². The quantitative estimate of drug-likeness (QED) is 0.451. The van der Waals surface area contributed by atoms with Crippen molar-refractivity contribution < 1.29 is 14.5 Å². The van der Waals surface area contributed by atoms with E-state index < -0.39 is 10.9 Å². The number of para-hydroxylation sites is 1. The molecule has 0 saturated carbocycles. The van der Waals surface area contributed by atoms with Gasteiger partial charge < -0.3 is 14.5 Å². The van der Waals surface area contributed by atoms with Gasteiger partial charge in [0.25, 0.3) is 5.69 Å². The minimum absolute atomic E-state index is 0.00633. The van der Waals surface area contributed by atoms with E-state index in [-0.39, 0.29) is 16.3 Å². The molecule has 3 rings (SSSR count). The lowest BCUT2D eigenvalue weighted by atomic mass is 10.1. The molecule has 2 aromatic rings. The van der Waals surface area contributed by atoms with Crippen LogP contribution in [0.5, 0.6) is 0 Å². The van der Waals surface area contributed by atoms with Crippen LogP contribution in [-0.4, -0.2) is 44.2 Å². The second-order valence-corrected chi connectivity index (χ2v) is 6.74. The molecule has 1 aliphatic heterocycles. The van der Waals surface area contributed by atoms with Crippen LogP contribution in [0.4, 0.5) is 17.1 Å². The molecule has 0 aromatic heterocycles. The summed E-state index contributed by atoms with van der Waals surface area (Å²) in [5.74, 6) is -0.695. The van der Waals surface area contributed by atoms with Crippen molar-refractivity contribution in [2.75, 3.05) is 43.1 Å². The number of carbonyl (C=O) groups is 1. The number of benzene rings is 2. The Hall–Kier alpha value is -2.80. The molecule has 2 aromatic carbocycles. The summed E-state index contributed by atoms with van der Waals surface area (Å²) in [5.41, 5.74) is 2.63. The number of nitrogens with zero attached hydrogens (tertiary/aromatic N) is 3. The average Bonchev–Trinajstić information content (AvgIpc) is 2.67. The van der Waals surface area contributed by atoms with Gasteiger partial charge in [-0.15, -0.1) is 0 Å². The van der Waals surface area contributed by atoms with E-state index in [1.54, 1.807) is 0 Å². The lowest BCUT2D eigenvalue weighted by Gasteiger charge is -2.37. The summed E-state index contributed by atoms with van der Waals surface area (Å²) in [6.07, 6.45) is 0. The van der Waals surface area contributed by atoms with Gasteiger partial charge in [0, 0.05) is 37.9 Å². The number of carbonyl (C=O) groups excluding carboxylic acids is 1. The lowest BCUT2D eigenvalue weighted by molar-refractivity contribution is -0.384. The number of anilines is 2. The SMILES string of the molecule is COC(=O)c1cc([N+](=O)[O-])c(N2CCN(c3ccccc3C)CC2)cc1Cl. The van der Waals surface area contributed by atoms with Crippen LogP contribution >= 0.6 is 11.6 Å². The summed E-state index contributed by atoms with van der Waals surface area (Å²) in [7, 11) is 1.21. The highest BCUT2D eigenvalue weighted by molar-refractivity contribution is 6.34. The van der Waals surface area contributed by atoms with Crippen LogP contribution < -0.4 is 9.80 Å². The number of hydrogen-bond donors (Lipinski definition) is 0. The second kappa shape index (κ2) is 7.84. The number of nitro benzene ring substituents is 1. The maximum absolute atomic E-state index is 11.8. The molecule has 0 radical (unpaired) electrons. The van der Waals surface area contributed by atoms with Gasteiger partial charge in [0.15, 0.2) is 0 Å². The van der Waals surface area contributed by atoms with Gasteiger partial charge in [-0.2, -0.15) is 0 Å². The van der Waals surface area contributed by atoms with Gasteiger partial charge in [-0.25, -0.2) is 4.79 Å². The molecule has 7 nitrogen and oxygen atoms in total. The van der Waals surface area contributed by atoms with Crippen LogP contribution in [0.15, 0.2) is 36.4 Å². The Balaban J connectivity index is 1.85. The first kappa shape index (κ1) is 19.0. The smallest absolute Gasteiger partial charge is 0.339 e. The number of methoxy groups -OCH3 is 1. The van der Waals surface area contributed by atoms with Crippen molar-refractivity contribution in [3.63, 3.8) is 0 Å². The van der Waals surface area contributed by atoms with Crippen LogP contribution in [0, 0.1) is 17.0 Å². The van der Waals surface area contributed by atoms with Crippen LogP contribution in [0.25, 0.3) is 0 Å². The third-order valence-corrected chi connectivity index (χ3v) is 5.06. The molecular formula is C19H20ClN3O4. The van der Waals surface area contributed by atoms with Crippen LogP contribution in [-0.2, 0) is 4.74 Å². The molecule has 0 bridgehead atoms.